The Morgan fingerprint density at radius 3 is 2.65 bits per heavy atom. The van der Waals surface area contributed by atoms with Gasteiger partial charge in [0.25, 0.3) is 5.91 Å². The number of nitrogens with one attached hydrogen (secondary N) is 1. The molecule has 0 aliphatic heterocycles. The highest BCUT2D eigenvalue weighted by molar-refractivity contribution is 5.95. The molecule has 1 aliphatic rings. The highest BCUT2D eigenvalue weighted by Crippen LogP contribution is 2.32. The maximum Gasteiger partial charge on any atom is 0.573 e. The normalized spacial score (nSPS) is 14.9. The lowest BCUT2D eigenvalue weighted by molar-refractivity contribution is -0.274. The number of nitrogen functional groups attached to an aromatic ring is 1. The number of rotatable bonds is 5. The van der Waals surface area contributed by atoms with E-state index >= 15 is 0 Å². The van der Waals surface area contributed by atoms with E-state index in [9.17, 15) is 18.0 Å². The molecule has 1 aromatic rings. The monoisotopic (exact) mass is 288 g/mol. The van der Waals surface area contributed by atoms with Crippen molar-refractivity contribution in [2.45, 2.75) is 25.6 Å². The Morgan fingerprint density at radius 2 is 2.10 bits per heavy atom. The summed E-state index contributed by atoms with van der Waals surface area (Å²) in [6, 6.07) is 3.47. The van der Waals surface area contributed by atoms with Gasteiger partial charge >= 0.3 is 6.36 Å². The second-order valence-corrected chi connectivity index (χ2v) is 4.79. The van der Waals surface area contributed by atoms with Gasteiger partial charge in [0.05, 0.1) is 5.69 Å². The summed E-state index contributed by atoms with van der Waals surface area (Å²) >= 11 is 0. The molecule has 7 heteroatoms. The van der Waals surface area contributed by atoms with Gasteiger partial charge in [-0.05, 0) is 30.5 Å². The average Bonchev–Trinajstić information content (AvgIpc) is 3.14. The molecule has 1 fully saturated rings. The van der Waals surface area contributed by atoms with Crippen LogP contribution in [-0.4, -0.2) is 18.8 Å². The standard InChI is InChI=1S/C13H15F3N2O2/c14-13(15,16)20-11-4-3-9(7-10(11)17)12(19)18-6-5-8-1-2-8/h3-4,7-8H,1-2,5-6,17H2,(H,18,19). The van der Waals surface area contributed by atoms with E-state index in [4.69, 9.17) is 5.73 Å². The lowest BCUT2D eigenvalue weighted by Gasteiger charge is -2.12. The largest absolute Gasteiger partial charge is 0.573 e. The Bertz CT molecular complexity index is 499. The minimum absolute atomic E-state index is 0.216. The second kappa shape index (κ2) is 5.60. The average molecular weight is 288 g/mol. The van der Waals surface area contributed by atoms with Crippen LogP contribution in [0.25, 0.3) is 0 Å². The SMILES string of the molecule is Nc1cc(C(=O)NCCC2CC2)ccc1OC(F)(F)F. The molecule has 0 atom stereocenters. The zero-order chi connectivity index (χ0) is 14.8. The Kier molecular flexibility index (Phi) is 4.06. The van der Waals surface area contributed by atoms with Crippen LogP contribution in [0.15, 0.2) is 18.2 Å². The number of halogens is 3. The van der Waals surface area contributed by atoms with E-state index in [1.54, 1.807) is 0 Å². The molecule has 1 amide bonds. The third kappa shape index (κ3) is 4.32. The summed E-state index contributed by atoms with van der Waals surface area (Å²) in [6.45, 7) is 0.560. The summed E-state index contributed by atoms with van der Waals surface area (Å²) in [4.78, 5) is 11.8. The van der Waals surface area contributed by atoms with E-state index in [1.165, 1.54) is 25.0 Å². The topological polar surface area (TPSA) is 64.4 Å². The lowest BCUT2D eigenvalue weighted by atomic mass is 10.1. The van der Waals surface area contributed by atoms with Crippen LogP contribution in [0.5, 0.6) is 5.75 Å². The Hall–Kier alpha value is -1.92. The number of hydrogen-bond donors (Lipinski definition) is 2. The lowest BCUT2D eigenvalue weighted by Crippen LogP contribution is -2.25. The van der Waals surface area contributed by atoms with Gasteiger partial charge in [-0.15, -0.1) is 13.2 Å². The summed E-state index contributed by atoms with van der Waals surface area (Å²) in [6.07, 6.45) is -1.47. The fourth-order valence-corrected chi connectivity index (χ4v) is 1.81. The number of amides is 1. The molecule has 0 heterocycles. The summed E-state index contributed by atoms with van der Waals surface area (Å²) in [5.74, 6) is -0.161. The predicted octanol–water partition coefficient (Wildman–Crippen LogP) is 2.70. The number of hydrogen-bond acceptors (Lipinski definition) is 3. The van der Waals surface area contributed by atoms with Gasteiger partial charge in [-0.3, -0.25) is 4.79 Å². The van der Waals surface area contributed by atoms with Crippen molar-refractivity contribution in [1.29, 1.82) is 0 Å². The number of benzene rings is 1. The van der Waals surface area contributed by atoms with Gasteiger partial charge in [0.2, 0.25) is 0 Å². The zero-order valence-electron chi connectivity index (χ0n) is 10.7. The molecule has 0 aromatic heterocycles. The third-order valence-electron chi connectivity index (χ3n) is 3.03. The Balaban J connectivity index is 1.94. The van der Waals surface area contributed by atoms with Gasteiger partial charge in [0.1, 0.15) is 0 Å². The van der Waals surface area contributed by atoms with Crippen molar-refractivity contribution in [1.82, 2.24) is 5.32 Å². The molecule has 1 aliphatic carbocycles. The highest BCUT2D eigenvalue weighted by Gasteiger charge is 2.32. The van der Waals surface area contributed by atoms with Gasteiger partial charge in [0, 0.05) is 12.1 Å². The number of nitrogens with two attached hydrogens (primary N) is 1. The molecule has 0 radical (unpaired) electrons. The molecule has 0 saturated heterocycles. The first-order valence-electron chi connectivity index (χ1n) is 6.28. The number of carbonyl (C=O) groups excluding carboxylic acids is 1. The molecule has 1 saturated carbocycles. The summed E-state index contributed by atoms with van der Waals surface area (Å²) in [7, 11) is 0. The second-order valence-electron chi connectivity index (χ2n) is 4.79. The van der Waals surface area contributed by atoms with Crippen molar-refractivity contribution in [3.63, 3.8) is 0 Å². The van der Waals surface area contributed by atoms with Crippen molar-refractivity contribution >= 4 is 11.6 Å². The van der Waals surface area contributed by atoms with E-state index in [0.29, 0.717) is 12.5 Å². The van der Waals surface area contributed by atoms with E-state index < -0.39 is 12.1 Å². The van der Waals surface area contributed by atoms with Gasteiger partial charge in [-0.25, -0.2) is 0 Å². The van der Waals surface area contributed by atoms with Crippen LogP contribution in [-0.2, 0) is 0 Å². The molecule has 0 bridgehead atoms. The third-order valence-corrected chi connectivity index (χ3v) is 3.03. The van der Waals surface area contributed by atoms with Gasteiger partial charge < -0.3 is 15.8 Å². The van der Waals surface area contributed by atoms with Crippen LogP contribution in [0.2, 0.25) is 0 Å². The number of ether oxygens (including phenoxy) is 1. The molecule has 110 valence electrons. The maximum atomic E-state index is 12.1. The van der Waals surface area contributed by atoms with Crippen molar-refractivity contribution in [3.05, 3.63) is 23.8 Å². The van der Waals surface area contributed by atoms with E-state index in [0.717, 1.165) is 12.5 Å². The Morgan fingerprint density at radius 1 is 1.40 bits per heavy atom. The first-order valence-corrected chi connectivity index (χ1v) is 6.28. The molecular formula is C13H15F3N2O2. The van der Waals surface area contributed by atoms with Crippen molar-refractivity contribution in [2.24, 2.45) is 5.92 Å². The van der Waals surface area contributed by atoms with Gasteiger partial charge in [0.15, 0.2) is 5.75 Å². The number of anilines is 1. The van der Waals surface area contributed by atoms with E-state index in [2.05, 4.69) is 10.1 Å². The molecule has 4 nitrogen and oxygen atoms in total. The Labute approximate surface area is 114 Å². The summed E-state index contributed by atoms with van der Waals surface area (Å²) < 4.78 is 39.9. The first-order chi connectivity index (χ1) is 9.35. The number of carbonyl (C=O) groups is 1. The summed E-state index contributed by atoms with van der Waals surface area (Å²) in [5.41, 5.74) is 5.44. The van der Waals surface area contributed by atoms with Crippen molar-refractivity contribution in [2.75, 3.05) is 12.3 Å². The van der Waals surface area contributed by atoms with Crippen LogP contribution < -0.4 is 15.8 Å². The molecular weight excluding hydrogens is 273 g/mol. The van der Waals surface area contributed by atoms with Crippen LogP contribution in [0, 0.1) is 5.92 Å². The van der Waals surface area contributed by atoms with Crippen LogP contribution in [0.4, 0.5) is 18.9 Å². The zero-order valence-corrected chi connectivity index (χ0v) is 10.7. The molecule has 0 spiro atoms. The first kappa shape index (κ1) is 14.5. The fraction of sp³-hybridized carbons (Fsp3) is 0.462. The molecule has 0 unspecified atom stereocenters. The minimum Gasteiger partial charge on any atom is -0.404 e. The van der Waals surface area contributed by atoms with Crippen LogP contribution in [0.3, 0.4) is 0 Å². The summed E-state index contributed by atoms with van der Waals surface area (Å²) in [5, 5.41) is 2.71. The van der Waals surface area contributed by atoms with Crippen molar-refractivity contribution in [3.8, 4) is 5.75 Å². The van der Waals surface area contributed by atoms with Crippen LogP contribution in [0.1, 0.15) is 29.6 Å². The van der Waals surface area contributed by atoms with E-state index in [1.807, 2.05) is 0 Å². The fourth-order valence-electron chi connectivity index (χ4n) is 1.81. The molecule has 20 heavy (non-hydrogen) atoms. The molecule has 1 aromatic carbocycles. The smallest absolute Gasteiger partial charge is 0.404 e. The van der Waals surface area contributed by atoms with Gasteiger partial charge in [-0.2, -0.15) is 0 Å². The molecule has 3 N–H and O–H groups in total. The van der Waals surface area contributed by atoms with Crippen molar-refractivity contribution < 1.29 is 22.7 Å². The molecule has 2 rings (SSSR count). The highest BCUT2D eigenvalue weighted by atomic mass is 19.4. The minimum atomic E-state index is -4.80. The maximum absolute atomic E-state index is 12.1. The van der Waals surface area contributed by atoms with Crippen LogP contribution >= 0.6 is 0 Å². The quantitative estimate of drug-likeness (QED) is 0.819. The van der Waals surface area contributed by atoms with E-state index in [-0.39, 0.29) is 17.2 Å². The number of alkyl halides is 3. The predicted molar refractivity (Wildman–Crippen MR) is 67.2 cm³/mol. The van der Waals surface area contributed by atoms with Gasteiger partial charge in [-0.1, -0.05) is 12.8 Å².